The van der Waals surface area contributed by atoms with Gasteiger partial charge in [-0.3, -0.25) is 0 Å². The quantitative estimate of drug-likeness (QED) is 0.877. The Morgan fingerprint density at radius 3 is 2.64 bits per heavy atom. The second kappa shape index (κ2) is 6.07. The Balaban J connectivity index is 1.98. The summed E-state index contributed by atoms with van der Waals surface area (Å²) in [7, 11) is 1.64. The Bertz CT molecular complexity index is 671. The molecule has 1 aliphatic heterocycles. The number of ether oxygens (including phenoxy) is 2. The van der Waals surface area contributed by atoms with E-state index in [1.165, 1.54) is 0 Å². The lowest BCUT2D eigenvalue weighted by molar-refractivity contribution is 0.122. The van der Waals surface area contributed by atoms with Gasteiger partial charge in [0.1, 0.15) is 11.6 Å². The van der Waals surface area contributed by atoms with Crippen molar-refractivity contribution in [2.45, 2.75) is 0 Å². The van der Waals surface area contributed by atoms with Gasteiger partial charge < -0.3 is 25.8 Å². The summed E-state index contributed by atoms with van der Waals surface area (Å²) in [4.78, 5) is 10.3. The van der Waals surface area contributed by atoms with Crippen LogP contribution in [0.5, 0.6) is 5.75 Å². The van der Waals surface area contributed by atoms with Crippen molar-refractivity contribution in [3.05, 3.63) is 24.4 Å². The summed E-state index contributed by atoms with van der Waals surface area (Å²) in [6.07, 6.45) is 1.62. The van der Waals surface area contributed by atoms with E-state index in [1.807, 2.05) is 18.2 Å². The van der Waals surface area contributed by atoms with Crippen molar-refractivity contribution in [3.8, 4) is 16.9 Å². The van der Waals surface area contributed by atoms with Gasteiger partial charge in [-0.25, -0.2) is 4.98 Å². The number of nitrogens with zero attached hydrogens (tertiary/aromatic N) is 3. The van der Waals surface area contributed by atoms with Crippen molar-refractivity contribution in [1.82, 2.24) is 9.97 Å². The van der Waals surface area contributed by atoms with Crippen LogP contribution in [0, 0.1) is 0 Å². The van der Waals surface area contributed by atoms with Crippen LogP contribution < -0.4 is 21.1 Å². The van der Waals surface area contributed by atoms with Gasteiger partial charge in [0.15, 0.2) is 0 Å². The summed E-state index contributed by atoms with van der Waals surface area (Å²) in [6.45, 7) is 3.22. The van der Waals surface area contributed by atoms with E-state index in [-0.39, 0.29) is 5.95 Å². The number of rotatable bonds is 3. The van der Waals surface area contributed by atoms with Crippen molar-refractivity contribution in [1.29, 1.82) is 0 Å². The van der Waals surface area contributed by atoms with Crippen LogP contribution in [0.2, 0.25) is 0 Å². The molecule has 0 spiro atoms. The van der Waals surface area contributed by atoms with Crippen LogP contribution in [-0.2, 0) is 4.74 Å². The van der Waals surface area contributed by atoms with E-state index in [0.29, 0.717) is 11.4 Å². The molecule has 0 unspecified atom stereocenters. The van der Waals surface area contributed by atoms with Gasteiger partial charge in [0.25, 0.3) is 0 Å². The van der Waals surface area contributed by atoms with Crippen molar-refractivity contribution < 1.29 is 9.47 Å². The zero-order chi connectivity index (χ0) is 15.5. The minimum atomic E-state index is 0.158. The van der Waals surface area contributed by atoms with E-state index >= 15 is 0 Å². The molecule has 2 aromatic rings. The van der Waals surface area contributed by atoms with Crippen LogP contribution >= 0.6 is 0 Å². The summed E-state index contributed by atoms with van der Waals surface area (Å²) >= 11 is 0. The average molecular weight is 301 g/mol. The number of nitrogen functional groups attached to an aromatic ring is 2. The fraction of sp³-hybridized carbons (Fsp3) is 0.333. The number of methoxy groups -OCH3 is 1. The van der Waals surface area contributed by atoms with Crippen LogP contribution in [0.15, 0.2) is 24.4 Å². The monoisotopic (exact) mass is 301 g/mol. The lowest BCUT2D eigenvalue weighted by Gasteiger charge is -2.29. The summed E-state index contributed by atoms with van der Waals surface area (Å²) < 4.78 is 10.9. The topological polar surface area (TPSA) is 99.5 Å². The Kier molecular flexibility index (Phi) is 3.97. The van der Waals surface area contributed by atoms with Gasteiger partial charge in [-0.15, -0.1) is 0 Å². The first-order valence-corrected chi connectivity index (χ1v) is 7.08. The fourth-order valence-corrected chi connectivity index (χ4v) is 2.54. The molecule has 7 heteroatoms. The second-order valence-electron chi connectivity index (χ2n) is 5.01. The number of hydrogen-bond donors (Lipinski definition) is 2. The molecule has 1 aromatic heterocycles. The van der Waals surface area contributed by atoms with E-state index < -0.39 is 0 Å². The normalized spacial score (nSPS) is 14.9. The Morgan fingerprint density at radius 2 is 1.95 bits per heavy atom. The molecule has 2 heterocycles. The highest BCUT2D eigenvalue weighted by atomic mass is 16.5. The van der Waals surface area contributed by atoms with E-state index in [1.54, 1.807) is 13.3 Å². The fourth-order valence-electron chi connectivity index (χ4n) is 2.54. The minimum Gasteiger partial charge on any atom is -0.496 e. The smallest absolute Gasteiger partial charge is 0.221 e. The first kappa shape index (κ1) is 14.4. The van der Waals surface area contributed by atoms with Gasteiger partial charge in [0, 0.05) is 42.2 Å². The van der Waals surface area contributed by atoms with Crippen LogP contribution in [0.1, 0.15) is 0 Å². The zero-order valence-electron chi connectivity index (χ0n) is 12.5. The van der Waals surface area contributed by atoms with Crippen LogP contribution in [0.4, 0.5) is 17.5 Å². The highest BCUT2D eigenvalue weighted by Gasteiger charge is 2.16. The molecule has 22 heavy (non-hydrogen) atoms. The van der Waals surface area contributed by atoms with Gasteiger partial charge in [-0.2, -0.15) is 4.98 Å². The number of hydrogen-bond acceptors (Lipinski definition) is 7. The van der Waals surface area contributed by atoms with Crippen molar-refractivity contribution in [2.75, 3.05) is 49.8 Å². The maximum atomic E-state index is 5.94. The molecular formula is C15H19N5O2. The Hall–Kier alpha value is -2.54. The number of aromatic nitrogens is 2. The van der Waals surface area contributed by atoms with Gasteiger partial charge in [-0.05, 0) is 12.1 Å². The third-order valence-corrected chi connectivity index (χ3v) is 3.69. The molecule has 116 valence electrons. The van der Waals surface area contributed by atoms with Crippen LogP contribution in [0.25, 0.3) is 11.1 Å². The number of morpholine rings is 1. The molecule has 0 radical (unpaired) electrons. The molecule has 1 saturated heterocycles. The molecule has 0 amide bonds. The predicted octanol–water partition coefficient (Wildman–Crippen LogP) is 1.15. The summed E-state index contributed by atoms with van der Waals surface area (Å²) in [6, 6.07) is 6.00. The average Bonchev–Trinajstić information content (AvgIpc) is 2.55. The van der Waals surface area contributed by atoms with Crippen LogP contribution in [0.3, 0.4) is 0 Å². The van der Waals surface area contributed by atoms with Crippen molar-refractivity contribution in [3.63, 3.8) is 0 Å². The molecule has 1 aliphatic rings. The molecular weight excluding hydrogens is 282 g/mol. The first-order valence-electron chi connectivity index (χ1n) is 7.08. The SMILES string of the molecule is COc1cc(N2CCOCC2)ccc1-c1cnc(N)nc1N. The lowest BCUT2D eigenvalue weighted by atomic mass is 10.1. The van der Waals surface area contributed by atoms with Crippen LogP contribution in [-0.4, -0.2) is 43.4 Å². The molecule has 4 N–H and O–H groups in total. The first-order chi connectivity index (χ1) is 10.7. The molecule has 7 nitrogen and oxygen atoms in total. The molecule has 0 aliphatic carbocycles. The predicted molar refractivity (Wildman–Crippen MR) is 85.9 cm³/mol. The Morgan fingerprint density at radius 1 is 1.18 bits per heavy atom. The standard InChI is InChI=1S/C15H19N5O2/c1-21-13-8-10(20-4-6-22-7-5-20)2-3-11(13)12-9-18-15(17)19-14(12)16/h2-3,8-9H,4-7H2,1H3,(H4,16,17,18,19). The van der Waals surface area contributed by atoms with E-state index in [2.05, 4.69) is 14.9 Å². The molecule has 1 fully saturated rings. The van der Waals surface area contributed by atoms with Gasteiger partial charge in [0.2, 0.25) is 5.95 Å². The highest BCUT2D eigenvalue weighted by molar-refractivity contribution is 5.80. The van der Waals surface area contributed by atoms with Gasteiger partial charge in [-0.1, -0.05) is 0 Å². The molecule has 3 rings (SSSR count). The van der Waals surface area contributed by atoms with E-state index in [0.717, 1.165) is 43.3 Å². The van der Waals surface area contributed by atoms with E-state index in [4.69, 9.17) is 20.9 Å². The van der Waals surface area contributed by atoms with Crippen molar-refractivity contribution >= 4 is 17.5 Å². The maximum Gasteiger partial charge on any atom is 0.221 e. The summed E-state index contributed by atoms with van der Waals surface area (Å²) in [5, 5.41) is 0. The summed E-state index contributed by atoms with van der Waals surface area (Å²) in [5.74, 6) is 1.22. The number of benzene rings is 1. The number of nitrogens with two attached hydrogens (primary N) is 2. The number of anilines is 3. The second-order valence-corrected chi connectivity index (χ2v) is 5.01. The molecule has 0 saturated carbocycles. The van der Waals surface area contributed by atoms with Crippen molar-refractivity contribution in [2.24, 2.45) is 0 Å². The lowest BCUT2D eigenvalue weighted by Crippen LogP contribution is -2.36. The zero-order valence-corrected chi connectivity index (χ0v) is 12.5. The highest BCUT2D eigenvalue weighted by Crippen LogP contribution is 2.35. The minimum absolute atomic E-state index is 0.158. The maximum absolute atomic E-state index is 5.94. The van der Waals surface area contributed by atoms with Gasteiger partial charge in [0.05, 0.1) is 20.3 Å². The molecule has 0 bridgehead atoms. The molecule has 1 aromatic carbocycles. The third-order valence-electron chi connectivity index (χ3n) is 3.69. The van der Waals surface area contributed by atoms with Gasteiger partial charge >= 0.3 is 0 Å². The summed E-state index contributed by atoms with van der Waals surface area (Å²) in [5.41, 5.74) is 14.1. The molecule has 0 atom stereocenters. The Labute approximate surface area is 128 Å². The van der Waals surface area contributed by atoms with E-state index in [9.17, 15) is 0 Å². The largest absolute Gasteiger partial charge is 0.496 e. The third kappa shape index (κ3) is 2.75.